The number of para-hydroxylation sites is 2. The Bertz CT molecular complexity index is 2070. The highest BCUT2D eigenvalue weighted by Crippen LogP contribution is 2.48. The molecule has 2 bridgehead atoms. The van der Waals surface area contributed by atoms with Crippen LogP contribution < -0.4 is 16.2 Å². The highest BCUT2D eigenvalue weighted by atomic mass is 14.9. The van der Waals surface area contributed by atoms with E-state index in [1.807, 2.05) is 0 Å². The van der Waals surface area contributed by atoms with Gasteiger partial charge in [-0.15, -0.1) is 0 Å². The molecule has 0 saturated carbocycles. The van der Waals surface area contributed by atoms with Gasteiger partial charge < -0.3 is 5.32 Å². The minimum atomic E-state index is -0.102. The van der Waals surface area contributed by atoms with E-state index in [-0.39, 0.29) is 5.41 Å². The Balaban J connectivity index is 1.41. The average molecular weight is 539 g/mol. The third kappa shape index (κ3) is 3.71. The Hall–Kier alpha value is -4.56. The number of benzene rings is 6. The summed E-state index contributed by atoms with van der Waals surface area (Å²) in [7, 11) is 2.44. The second-order valence-electron chi connectivity index (χ2n) is 12.6. The molecule has 1 radical (unpaired) electrons. The van der Waals surface area contributed by atoms with Crippen molar-refractivity contribution in [3.05, 3.63) is 143 Å². The van der Waals surface area contributed by atoms with Gasteiger partial charge in [-0.3, -0.25) is 0 Å². The maximum atomic E-state index is 3.87. The Labute approximate surface area is 249 Å². The molecular formula is C40H33BN. The summed E-state index contributed by atoms with van der Waals surface area (Å²) in [4.78, 5) is 0. The molecule has 8 rings (SSSR count). The predicted octanol–water partition coefficient (Wildman–Crippen LogP) is 8.73. The van der Waals surface area contributed by atoms with E-state index in [2.05, 4.69) is 149 Å². The number of rotatable bonds is 1. The Kier molecular flexibility index (Phi) is 5.53. The lowest BCUT2D eigenvalue weighted by molar-refractivity contribution is 0.638. The van der Waals surface area contributed by atoms with Gasteiger partial charge in [-0.05, 0) is 81.6 Å². The molecule has 6 aromatic rings. The summed E-state index contributed by atoms with van der Waals surface area (Å²) in [6.07, 6.45) is 0.881. The molecule has 0 atom stereocenters. The van der Waals surface area contributed by atoms with E-state index in [0.717, 1.165) is 6.42 Å². The van der Waals surface area contributed by atoms with E-state index in [4.69, 9.17) is 0 Å². The zero-order valence-corrected chi connectivity index (χ0v) is 24.7. The summed E-state index contributed by atoms with van der Waals surface area (Å²) in [5.74, 6) is 0. The van der Waals surface area contributed by atoms with Gasteiger partial charge in [0.1, 0.15) is 0 Å². The van der Waals surface area contributed by atoms with E-state index in [9.17, 15) is 0 Å². The minimum Gasteiger partial charge on any atom is -0.355 e. The Morgan fingerprint density at radius 3 is 2.33 bits per heavy atom. The van der Waals surface area contributed by atoms with Crippen LogP contribution in [0.4, 0.5) is 11.4 Å². The van der Waals surface area contributed by atoms with E-state index in [1.165, 1.54) is 88.7 Å². The van der Waals surface area contributed by atoms with Crippen molar-refractivity contribution in [1.29, 1.82) is 0 Å². The van der Waals surface area contributed by atoms with Crippen molar-refractivity contribution in [2.75, 3.05) is 5.32 Å². The SMILES string of the molecule is Cc1cc2c(c(-c3cccc4c3Nc3ccccc3C4(C)C)c1)[B]c1cccc(c1C)-c1ccc3ccccc3c1C2. The van der Waals surface area contributed by atoms with Crippen LogP contribution in [0, 0.1) is 13.8 Å². The molecule has 2 aliphatic rings. The van der Waals surface area contributed by atoms with Gasteiger partial charge in [0.25, 0.3) is 0 Å². The second-order valence-corrected chi connectivity index (χ2v) is 12.6. The molecule has 0 unspecified atom stereocenters. The van der Waals surface area contributed by atoms with Crippen molar-refractivity contribution >= 4 is 40.4 Å². The van der Waals surface area contributed by atoms with Gasteiger partial charge in [0, 0.05) is 16.7 Å². The lowest BCUT2D eigenvalue weighted by Crippen LogP contribution is -2.33. The molecule has 2 heteroatoms. The maximum Gasteiger partial charge on any atom is 0.192 e. The molecule has 0 aliphatic carbocycles. The van der Waals surface area contributed by atoms with Crippen LogP contribution in [-0.2, 0) is 11.8 Å². The molecule has 2 aliphatic heterocycles. The summed E-state index contributed by atoms with van der Waals surface area (Å²) in [6.45, 7) is 9.23. The predicted molar refractivity (Wildman–Crippen MR) is 180 cm³/mol. The summed E-state index contributed by atoms with van der Waals surface area (Å²) >= 11 is 0. The highest BCUT2D eigenvalue weighted by molar-refractivity contribution is 6.70. The van der Waals surface area contributed by atoms with Gasteiger partial charge in [-0.25, -0.2) is 0 Å². The molecule has 0 amide bonds. The Morgan fingerprint density at radius 2 is 1.43 bits per heavy atom. The van der Waals surface area contributed by atoms with Crippen LogP contribution in [0.2, 0.25) is 0 Å². The van der Waals surface area contributed by atoms with Crippen LogP contribution in [0.25, 0.3) is 33.0 Å². The Morgan fingerprint density at radius 1 is 0.667 bits per heavy atom. The molecule has 1 N–H and O–H groups in total. The lowest BCUT2D eigenvalue weighted by atomic mass is 9.58. The molecule has 0 aromatic heterocycles. The van der Waals surface area contributed by atoms with Crippen molar-refractivity contribution in [3.63, 3.8) is 0 Å². The molecule has 1 nitrogen and oxygen atoms in total. The summed E-state index contributed by atoms with van der Waals surface area (Å²) < 4.78 is 0. The van der Waals surface area contributed by atoms with Crippen LogP contribution >= 0.6 is 0 Å². The number of hydrogen-bond acceptors (Lipinski definition) is 1. The van der Waals surface area contributed by atoms with Crippen LogP contribution in [0.5, 0.6) is 0 Å². The molecule has 42 heavy (non-hydrogen) atoms. The number of fused-ring (bicyclic) bond motifs is 9. The summed E-state index contributed by atoms with van der Waals surface area (Å²) in [5, 5.41) is 6.51. The maximum absolute atomic E-state index is 3.87. The fraction of sp³-hybridized carbons (Fsp3) is 0.150. The molecule has 2 heterocycles. The molecule has 0 fully saturated rings. The largest absolute Gasteiger partial charge is 0.355 e. The zero-order valence-electron chi connectivity index (χ0n) is 24.7. The van der Waals surface area contributed by atoms with Crippen molar-refractivity contribution in [2.24, 2.45) is 0 Å². The first-order valence-electron chi connectivity index (χ1n) is 15.0. The topological polar surface area (TPSA) is 12.0 Å². The van der Waals surface area contributed by atoms with Gasteiger partial charge in [-0.2, -0.15) is 0 Å². The van der Waals surface area contributed by atoms with Crippen LogP contribution in [-0.4, -0.2) is 7.28 Å². The van der Waals surface area contributed by atoms with Crippen molar-refractivity contribution in [2.45, 2.75) is 39.5 Å². The number of nitrogens with one attached hydrogen (secondary N) is 1. The van der Waals surface area contributed by atoms with Crippen LogP contribution in [0.1, 0.15) is 47.2 Å². The fourth-order valence-corrected chi connectivity index (χ4v) is 7.49. The van der Waals surface area contributed by atoms with Crippen molar-refractivity contribution in [1.82, 2.24) is 0 Å². The van der Waals surface area contributed by atoms with Crippen LogP contribution in [0.3, 0.4) is 0 Å². The number of anilines is 2. The minimum absolute atomic E-state index is 0.102. The highest BCUT2D eigenvalue weighted by Gasteiger charge is 2.34. The monoisotopic (exact) mass is 538 g/mol. The second kappa shape index (κ2) is 9.23. The van der Waals surface area contributed by atoms with Gasteiger partial charge in [0.15, 0.2) is 7.28 Å². The van der Waals surface area contributed by atoms with E-state index in [1.54, 1.807) is 0 Å². The molecular weight excluding hydrogens is 505 g/mol. The summed E-state index contributed by atoms with van der Waals surface area (Å²) in [5.41, 5.74) is 18.2. The summed E-state index contributed by atoms with van der Waals surface area (Å²) in [6, 6.07) is 40.6. The van der Waals surface area contributed by atoms with Crippen LogP contribution in [0.15, 0.2) is 109 Å². The molecule has 0 saturated heterocycles. The quantitative estimate of drug-likeness (QED) is 0.206. The fourth-order valence-electron chi connectivity index (χ4n) is 7.49. The smallest absolute Gasteiger partial charge is 0.192 e. The normalized spacial score (nSPS) is 14.2. The first-order chi connectivity index (χ1) is 20.4. The number of aryl methyl sites for hydroxylation is 1. The lowest BCUT2D eigenvalue weighted by Gasteiger charge is -2.37. The first kappa shape index (κ1) is 25.2. The van der Waals surface area contributed by atoms with Gasteiger partial charge in [0.2, 0.25) is 0 Å². The number of hydrogen-bond donors (Lipinski definition) is 1. The van der Waals surface area contributed by atoms with Gasteiger partial charge >= 0.3 is 0 Å². The van der Waals surface area contributed by atoms with Gasteiger partial charge in [0.05, 0.1) is 5.69 Å². The standard InChI is InChI=1S/C40H33BN/c1-24-21-27-23-32-29-12-6-5-11-26(29)19-20-30(32)28-13-10-17-36(25(28)2)41-38(27)33(22-24)31-14-9-16-35-39(31)42-37-18-8-7-15-34(37)40(35,3)4/h5-22,42H,23H2,1-4H3. The van der Waals surface area contributed by atoms with E-state index in [0.29, 0.717) is 0 Å². The third-order valence-corrected chi connectivity index (χ3v) is 9.67. The van der Waals surface area contributed by atoms with Crippen molar-refractivity contribution < 1.29 is 0 Å². The first-order valence-corrected chi connectivity index (χ1v) is 15.0. The average Bonchev–Trinajstić information content (AvgIpc) is 3.01. The van der Waals surface area contributed by atoms with Crippen molar-refractivity contribution in [3.8, 4) is 22.3 Å². The van der Waals surface area contributed by atoms with Gasteiger partial charge in [-0.1, -0.05) is 133 Å². The third-order valence-electron chi connectivity index (χ3n) is 9.67. The molecule has 201 valence electrons. The molecule has 6 aromatic carbocycles. The zero-order chi connectivity index (χ0) is 28.6. The molecule has 0 spiro atoms. The van der Waals surface area contributed by atoms with E-state index < -0.39 is 0 Å². The van der Waals surface area contributed by atoms with E-state index >= 15 is 0 Å².